The summed E-state index contributed by atoms with van der Waals surface area (Å²) in [6.45, 7) is 4.83. The van der Waals surface area contributed by atoms with E-state index in [2.05, 4.69) is 29.8 Å². The number of halogens is 1. The predicted molar refractivity (Wildman–Crippen MR) is 63.3 cm³/mol. The summed E-state index contributed by atoms with van der Waals surface area (Å²) < 4.78 is 11.8. The molecule has 0 fully saturated rings. The zero-order valence-electron chi connectivity index (χ0n) is 9.25. The number of benzene rings is 1. The fourth-order valence-corrected chi connectivity index (χ4v) is 2.51. The van der Waals surface area contributed by atoms with Gasteiger partial charge in [-0.2, -0.15) is 0 Å². The maximum atomic E-state index is 5.51. The quantitative estimate of drug-likeness (QED) is 0.869. The molecule has 1 aromatic rings. The SMILES string of the molecule is CC(C)c1c(CON)cc(Br)c2c1OCO2. The molecule has 0 amide bonds. The van der Waals surface area contributed by atoms with Gasteiger partial charge in [-0.05, 0) is 33.5 Å². The van der Waals surface area contributed by atoms with Crippen LogP contribution in [0.15, 0.2) is 10.5 Å². The smallest absolute Gasteiger partial charge is 0.231 e. The largest absolute Gasteiger partial charge is 0.453 e. The second kappa shape index (κ2) is 4.61. The van der Waals surface area contributed by atoms with Crippen molar-refractivity contribution in [3.05, 3.63) is 21.7 Å². The third-order valence-electron chi connectivity index (χ3n) is 2.54. The van der Waals surface area contributed by atoms with E-state index in [1.54, 1.807) is 0 Å². The Bertz CT molecular complexity index is 407. The van der Waals surface area contributed by atoms with E-state index in [-0.39, 0.29) is 6.79 Å². The minimum atomic E-state index is 0.264. The Hall–Kier alpha value is -0.780. The summed E-state index contributed by atoms with van der Waals surface area (Å²) in [7, 11) is 0. The lowest BCUT2D eigenvalue weighted by atomic mass is 9.96. The molecule has 0 atom stereocenters. The molecule has 16 heavy (non-hydrogen) atoms. The summed E-state index contributed by atoms with van der Waals surface area (Å²) in [6, 6.07) is 1.97. The van der Waals surface area contributed by atoms with E-state index in [9.17, 15) is 0 Å². The minimum Gasteiger partial charge on any atom is -0.453 e. The zero-order valence-corrected chi connectivity index (χ0v) is 10.8. The van der Waals surface area contributed by atoms with Gasteiger partial charge in [-0.25, -0.2) is 5.90 Å². The molecule has 1 aliphatic rings. The van der Waals surface area contributed by atoms with Gasteiger partial charge in [0.05, 0.1) is 11.1 Å². The lowest BCUT2D eigenvalue weighted by molar-refractivity contribution is 0.123. The Labute approximate surface area is 103 Å². The van der Waals surface area contributed by atoms with Gasteiger partial charge in [-0.15, -0.1) is 0 Å². The number of hydrogen-bond acceptors (Lipinski definition) is 4. The van der Waals surface area contributed by atoms with E-state index in [0.717, 1.165) is 27.1 Å². The van der Waals surface area contributed by atoms with Crippen molar-refractivity contribution in [3.63, 3.8) is 0 Å². The molecule has 0 aliphatic carbocycles. The maximum absolute atomic E-state index is 5.51. The summed E-state index contributed by atoms with van der Waals surface area (Å²) in [6.07, 6.45) is 0. The van der Waals surface area contributed by atoms with Crippen LogP contribution in [0, 0.1) is 0 Å². The molecule has 2 rings (SSSR count). The molecule has 4 nitrogen and oxygen atoms in total. The number of rotatable bonds is 3. The Morgan fingerprint density at radius 3 is 2.75 bits per heavy atom. The first-order valence-electron chi connectivity index (χ1n) is 5.07. The molecule has 0 bridgehead atoms. The van der Waals surface area contributed by atoms with E-state index in [1.807, 2.05) is 6.07 Å². The summed E-state index contributed by atoms with van der Waals surface area (Å²) in [4.78, 5) is 4.72. The highest BCUT2D eigenvalue weighted by Crippen LogP contribution is 2.46. The van der Waals surface area contributed by atoms with E-state index in [4.69, 9.17) is 20.2 Å². The topological polar surface area (TPSA) is 53.7 Å². The number of nitrogens with two attached hydrogens (primary N) is 1. The van der Waals surface area contributed by atoms with Crippen LogP contribution in [0.5, 0.6) is 11.5 Å². The summed E-state index contributed by atoms with van der Waals surface area (Å²) >= 11 is 3.45. The van der Waals surface area contributed by atoms with Crippen molar-refractivity contribution in [2.24, 2.45) is 5.90 Å². The molecular weight excluding hydrogens is 274 g/mol. The molecule has 0 unspecified atom stereocenters. The summed E-state index contributed by atoms with van der Waals surface area (Å²) in [5.74, 6) is 7.04. The molecule has 1 aliphatic heterocycles. The number of fused-ring (bicyclic) bond motifs is 1. The van der Waals surface area contributed by atoms with Gasteiger partial charge < -0.3 is 9.47 Å². The Balaban J connectivity index is 2.57. The van der Waals surface area contributed by atoms with Gasteiger partial charge >= 0.3 is 0 Å². The molecule has 0 spiro atoms. The van der Waals surface area contributed by atoms with Crippen LogP contribution in [0.1, 0.15) is 30.9 Å². The highest BCUT2D eigenvalue weighted by Gasteiger charge is 2.25. The predicted octanol–water partition coefficient (Wildman–Crippen LogP) is 2.69. The van der Waals surface area contributed by atoms with Gasteiger partial charge in [0.1, 0.15) is 0 Å². The van der Waals surface area contributed by atoms with Gasteiger partial charge in [-0.1, -0.05) is 13.8 Å². The number of ether oxygens (including phenoxy) is 2. The second-order valence-corrected chi connectivity index (χ2v) is 4.82. The van der Waals surface area contributed by atoms with E-state index in [0.29, 0.717) is 12.5 Å². The monoisotopic (exact) mass is 287 g/mol. The lowest BCUT2D eigenvalue weighted by Gasteiger charge is -2.15. The fraction of sp³-hybridized carbons (Fsp3) is 0.455. The first-order valence-corrected chi connectivity index (χ1v) is 5.87. The Kier molecular flexibility index (Phi) is 3.37. The average Bonchev–Trinajstić information content (AvgIpc) is 2.66. The maximum Gasteiger partial charge on any atom is 0.231 e. The van der Waals surface area contributed by atoms with Crippen LogP contribution in [0.25, 0.3) is 0 Å². The lowest BCUT2D eigenvalue weighted by Crippen LogP contribution is -2.05. The third kappa shape index (κ3) is 1.90. The van der Waals surface area contributed by atoms with Crippen molar-refractivity contribution in [2.45, 2.75) is 26.4 Å². The normalized spacial score (nSPS) is 13.6. The first-order chi connectivity index (χ1) is 7.65. The fourth-order valence-electron chi connectivity index (χ4n) is 1.94. The van der Waals surface area contributed by atoms with Crippen molar-refractivity contribution in [1.82, 2.24) is 0 Å². The Morgan fingerprint density at radius 2 is 2.12 bits per heavy atom. The van der Waals surface area contributed by atoms with E-state index in [1.165, 1.54) is 0 Å². The van der Waals surface area contributed by atoms with Crippen molar-refractivity contribution in [2.75, 3.05) is 6.79 Å². The summed E-state index contributed by atoms with van der Waals surface area (Å²) in [5, 5.41) is 0. The van der Waals surface area contributed by atoms with Crippen LogP contribution >= 0.6 is 15.9 Å². The number of hydrogen-bond donors (Lipinski definition) is 1. The standard InChI is InChI=1S/C11H14BrNO3/c1-6(2)9-7(4-16-13)3-8(12)10-11(9)15-5-14-10/h3,6H,4-5,13H2,1-2H3. The van der Waals surface area contributed by atoms with Gasteiger partial charge in [-0.3, -0.25) is 4.84 Å². The molecule has 88 valence electrons. The molecule has 0 radical (unpaired) electrons. The average molecular weight is 288 g/mol. The molecule has 0 saturated carbocycles. The third-order valence-corrected chi connectivity index (χ3v) is 3.13. The van der Waals surface area contributed by atoms with Crippen molar-refractivity contribution >= 4 is 15.9 Å². The summed E-state index contributed by atoms with van der Waals surface area (Å²) in [5.41, 5.74) is 2.12. The zero-order chi connectivity index (χ0) is 11.7. The minimum absolute atomic E-state index is 0.264. The van der Waals surface area contributed by atoms with Gasteiger partial charge in [0.15, 0.2) is 11.5 Å². The van der Waals surface area contributed by atoms with Crippen LogP contribution in [-0.4, -0.2) is 6.79 Å². The first kappa shape index (κ1) is 11.7. The molecular formula is C11H14BrNO3. The van der Waals surface area contributed by atoms with Crippen LogP contribution in [0.3, 0.4) is 0 Å². The highest BCUT2D eigenvalue weighted by molar-refractivity contribution is 9.10. The van der Waals surface area contributed by atoms with E-state index >= 15 is 0 Å². The molecule has 5 heteroatoms. The van der Waals surface area contributed by atoms with Crippen molar-refractivity contribution in [1.29, 1.82) is 0 Å². The molecule has 2 N–H and O–H groups in total. The second-order valence-electron chi connectivity index (χ2n) is 3.96. The van der Waals surface area contributed by atoms with Crippen LogP contribution < -0.4 is 15.4 Å². The van der Waals surface area contributed by atoms with E-state index < -0.39 is 0 Å². The van der Waals surface area contributed by atoms with Crippen LogP contribution in [-0.2, 0) is 11.4 Å². The van der Waals surface area contributed by atoms with Crippen molar-refractivity contribution < 1.29 is 14.3 Å². The Morgan fingerprint density at radius 1 is 1.44 bits per heavy atom. The van der Waals surface area contributed by atoms with Gasteiger partial charge in [0, 0.05) is 5.56 Å². The van der Waals surface area contributed by atoms with Crippen LogP contribution in [0.2, 0.25) is 0 Å². The molecule has 0 aromatic heterocycles. The molecule has 1 aromatic carbocycles. The van der Waals surface area contributed by atoms with Gasteiger partial charge in [0.25, 0.3) is 0 Å². The highest BCUT2D eigenvalue weighted by atomic mass is 79.9. The van der Waals surface area contributed by atoms with Crippen molar-refractivity contribution in [3.8, 4) is 11.5 Å². The van der Waals surface area contributed by atoms with Gasteiger partial charge in [0.2, 0.25) is 6.79 Å². The van der Waals surface area contributed by atoms with Crippen LogP contribution in [0.4, 0.5) is 0 Å². The molecule has 1 heterocycles. The molecule has 0 saturated heterocycles.